The van der Waals surface area contributed by atoms with Gasteiger partial charge in [-0.1, -0.05) is 24.3 Å². The summed E-state index contributed by atoms with van der Waals surface area (Å²) >= 11 is 0. The summed E-state index contributed by atoms with van der Waals surface area (Å²) < 4.78 is 12.2. The average Bonchev–Trinajstić information content (AvgIpc) is 2.98. The molecular weight excluding hydrogens is 394 g/mol. The maximum Gasteiger partial charge on any atom is 0.261 e. The van der Waals surface area contributed by atoms with Crippen molar-refractivity contribution in [2.24, 2.45) is 10.7 Å². The van der Waals surface area contributed by atoms with Crippen LogP contribution in [0.15, 0.2) is 47.5 Å². The molecule has 31 heavy (non-hydrogen) atoms. The number of carbonyl (C=O) groups is 2. The quantitative estimate of drug-likeness (QED) is 0.756. The second-order valence-electron chi connectivity index (χ2n) is 8.66. The Balaban J connectivity index is 1.67. The highest BCUT2D eigenvalue weighted by Crippen LogP contribution is 2.51. The summed E-state index contributed by atoms with van der Waals surface area (Å²) in [6, 6.07) is 13.2. The van der Waals surface area contributed by atoms with Gasteiger partial charge in [-0.05, 0) is 49.1 Å². The van der Waals surface area contributed by atoms with Gasteiger partial charge in [-0.25, -0.2) is 4.99 Å². The van der Waals surface area contributed by atoms with Crippen LogP contribution in [0.25, 0.3) is 11.1 Å². The molecule has 1 fully saturated rings. The highest BCUT2D eigenvalue weighted by atomic mass is 16.5. The van der Waals surface area contributed by atoms with Crippen LogP contribution in [-0.4, -0.2) is 48.4 Å². The largest absolute Gasteiger partial charge is 0.484 e. The zero-order valence-corrected chi connectivity index (χ0v) is 17.7. The number of ketones is 1. The van der Waals surface area contributed by atoms with Gasteiger partial charge in [0.2, 0.25) is 0 Å². The molecule has 7 nitrogen and oxygen atoms in total. The smallest absolute Gasteiger partial charge is 0.261 e. The van der Waals surface area contributed by atoms with Gasteiger partial charge in [0, 0.05) is 31.2 Å². The number of nitrogens with two attached hydrogens (primary N) is 1. The molecule has 5 rings (SSSR count). The predicted octanol–water partition coefficient (Wildman–Crippen LogP) is 2.87. The van der Waals surface area contributed by atoms with Gasteiger partial charge in [-0.15, -0.1) is 0 Å². The summed E-state index contributed by atoms with van der Waals surface area (Å²) in [5.41, 5.74) is 7.47. The van der Waals surface area contributed by atoms with Gasteiger partial charge in [0.25, 0.3) is 5.91 Å². The lowest BCUT2D eigenvalue weighted by molar-refractivity contribution is -0.139. The number of carbonyl (C=O) groups excluding carboxylic acids is 2. The maximum absolute atomic E-state index is 13.5. The molecule has 3 aliphatic heterocycles. The normalized spacial score (nSPS) is 27.2. The number of hydrogen-bond acceptors (Lipinski definition) is 6. The van der Waals surface area contributed by atoms with Crippen LogP contribution in [-0.2, 0) is 15.1 Å². The van der Waals surface area contributed by atoms with E-state index in [4.69, 9.17) is 20.2 Å². The standard InChI is InChI=1S/C24H25N3O4/c1-15(28)16-5-3-6-17(11-16)18-7-8-20-19(12-18)24(21(29)27(2)22(25)26-24)13-23(31-20)9-4-10-30-14-23/h3,5-8,11-12H,4,9-10,13-14H2,1-2H3,(H2,25,26)/t23-,24-/m0/s1. The first-order valence-electron chi connectivity index (χ1n) is 10.5. The fourth-order valence-corrected chi connectivity index (χ4v) is 4.91. The number of aliphatic imine (C=N–C) groups is 1. The molecule has 1 saturated heterocycles. The van der Waals surface area contributed by atoms with Gasteiger partial charge >= 0.3 is 0 Å². The number of Topliss-reactive ketones (excluding diaryl/α,β-unsaturated/α-hetero) is 1. The molecule has 7 heteroatoms. The minimum Gasteiger partial charge on any atom is -0.484 e. The van der Waals surface area contributed by atoms with E-state index in [2.05, 4.69) is 0 Å². The molecule has 1 amide bonds. The van der Waals surface area contributed by atoms with Crippen LogP contribution < -0.4 is 10.5 Å². The minimum absolute atomic E-state index is 0.00354. The van der Waals surface area contributed by atoms with E-state index in [0.29, 0.717) is 36.5 Å². The van der Waals surface area contributed by atoms with Crippen molar-refractivity contribution < 1.29 is 19.1 Å². The zero-order valence-electron chi connectivity index (χ0n) is 17.7. The molecule has 0 aromatic heterocycles. The Morgan fingerprint density at radius 3 is 2.68 bits per heavy atom. The fraction of sp³-hybridized carbons (Fsp3) is 0.375. The number of fused-ring (bicyclic) bond motifs is 2. The van der Waals surface area contributed by atoms with Crippen LogP contribution in [0.1, 0.15) is 42.1 Å². The van der Waals surface area contributed by atoms with Gasteiger partial charge in [0.1, 0.15) is 11.4 Å². The van der Waals surface area contributed by atoms with Crippen molar-refractivity contribution in [2.75, 3.05) is 20.3 Å². The third-order valence-electron chi connectivity index (χ3n) is 6.53. The Labute approximate surface area is 180 Å². The van der Waals surface area contributed by atoms with E-state index < -0.39 is 11.1 Å². The molecule has 2 atom stereocenters. The van der Waals surface area contributed by atoms with Crippen molar-refractivity contribution >= 4 is 17.6 Å². The lowest BCUT2D eigenvalue weighted by atomic mass is 9.74. The van der Waals surface area contributed by atoms with E-state index in [1.54, 1.807) is 20.0 Å². The molecule has 2 spiro atoms. The molecule has 0 radical (unpaired) electrons. The zero-order chi connectivity index (χ0) is 21.8. The van der Waals surface area contributed by atoms with Crippen molar-refractivity contribution in [2.45, 2.75) is 37.3 Å². The molecule has 0 aliphatic carbocycles. The van der Waals surface area contributed by atoms with Crippen molar-refractivity contribution in [3.8, 4) is 16.9 Å². The molecule has 3 heterocycles. The number of nitrogens with zero attached hydrogens (tertiary/aromatic N) is 2. The average molecular weight is 419 g/mol. The third-order valence-corrected chi connectivity index (χ3v) is 6.53. The Bertz CT molecular complexity index is 1120. The molecule has 0 saturated carbocycles. The van der Waals surface area contributed by atoms with Crippen LogP contribution in [0.4, 0.5) is 0 Å². The Hall–Kier alpha value is -3.19. The van der Waals surface area contributed by atoms with Gasteiger partial charge < -0.3 is 15.2 Å². The van der Waals surface area contributed by atoms with E-state index in [-0.39, 0.29) is 17.6 Å². The molecular formula is C24H25N3O4. The van der Waals surface area contributed by atoms with E-state index in [1.807, 2.05) is 36.4 Å². The SMILES string of the molecule is CC(=O)c1cccc(-c2ccc3c(c2)[C@]2(C[C@]4(CCCOC4)O3)N=C(N)N(C)C2=O)c1. The number of rotatable bonds is 2. The van der Waals surface area contributed by atoms with E-state index in [1.165, 1.54) is 4.90 Å². The molecule has 2 aromatic carbocycles. The summed E-state index contributed by atoms with van der Waals surface area (Å²) in [5.74, 6) is 0.676. The summed E-state index contributed by atoms with van der Waals surface area (Å²) in [6.07, 6.45) is 2.04. The fourth-order valence-electron chi connectivity index (χ4n) is 4.91. The topological polar surface area (TPSA) is 94.2 Å². The van der Waals surface area contributed by atoms with Gasteiger partial charge in [-0.3, -0.25) is 14.5 Å². The Morgan fingerprint density at radius 2 is 2.00 bits per heavy atom. The second kappa shape index (κ2) is 6.92. The molecule has 2 aromatic rings. The second-order valence-corrected chi connectivity index (χ2v) is 8.66. The number of likely N-dealkylation sites (N-methyl/N-ethyl adjacent to an activating group) is 1. The van der Waals surface area contributed by atoms with Gasteiger partial charge in [0.15, 0.2) is 17.3 Å². The maximum atomic E-state index is 13.5. The van der Waals surface area contributed by atoms with Gasteiger partial charge in [-0.2, -0.15) is 0 Å². The van der Waals surface area contributed by atoms with E-state index in [0.717, 1.165) is 24.0 Å². The molecule has 0 bridgehead atoms. The first-order chi connectivity index (χ1) is 14.8. The third kappa shape index (κ3) is 3.03. The number of benzene rings is 2. The summed E-state index contributed by atoms with van der Waals surface area (Å²) in [4.78, 5) is 31.4. The van der Waals surface area contributed by atoms with E-state index in [9.17, 15) is 9.59 Å². The monoisotopic (exact) mass is 419 g/mol. The van der Waals surface area contributed by atoms with Crippen LogP contribution in [0.3, 0.4) is 0 Å². The van der Waals surface area contributed by atoms with Crippen LogP contribution in [0.2, 0.25) is 0 Å². The van der Waals surface area contributed by atoms with Crippen molar-refractivity contribution in [1.82, 2.24) is 4.90 Å². The van der Waals surface area contributed by atoms with Crippen molar-refractivity contribution in [1.29, 1.82) is 0 Å². The van der Waals surface area contributed by atoms with Crippen molar-refractivity contribution in [3.05, 3.63) is 53.6 Å². The summed E-state index contributed by atoms with van der Waals surface area (Å²) in [6.45, 7) is 2.66. The number of amides is 1. The Morgan fingerprint density at radius 1 is 1.19 bits per heavy atom. The lowest BCUT2D eigenvalue weighted by Crippen LogP contribution is -2.55. The highest BCUT2D eigenvalue weighted by molar-refractivity contribution is 6.07. The first-order valence-corrected chi connectivity index (χ1v) is 10.5. The lowest BCUT2D eigenvalue weighted by Gasteiger charge is -2.46. The summed E-state index contributed by atoms with van der Waals surface area (Å²) in [5, 5.41) is 0. The Kier molecular flexibility index (Phi) is 4.41. The van der Waals surface area contributed by atoms with Gasteiger partial charge in [0.05, 0.1) is 6.61 Å². The molecule has 2 N–H and O–H groups in total. The molecule has 0 unspecified atom stereocenters. The predicted molar refractivity (Wildman–Crippen MR) is 116 cm³/mol. The first kappa shape index (κ1) is 19.8. The minimum atomic E-state index is -1.14. The number of ether oxygens (including phenoxy) is 2. The van der Waals surface area contributed by atoms with Crippen LogP contribution in [0.5, 0.6) is 5.75 Å². The van der Waals surface area contributed by atoms with Crippen molar-refractivity contribution in [3.63, 3.8) is 0 Å². The highest BCUT2D eigenvalue weighted by Gasteiger charge is 2.58. The van der Waals surface area contributed by atoms with E-state index >= 15 is 0 Å². The summed E-state index contributed by atoms with van der Waals surface area (Å²) in [7, 11) is 1.65. The molecule has 160 valence electrons. The van der Waals surface area contributed by atoms with Crippen LogP contribution in [0, 0.1) is 0 Å². The molecule has 3 aliphatic rings. The number of guanidine groups is 1. The number of hydrogen-bond donors (Lipinski definition) is 1. The van der Waals surface area contributed by atoms with Crippen LogP contribution >= 0.6 is 0 Å².